The molecule has 0 fully saturated rings. The summed E-state index contributed by atoms with van der Waals surface area (Å²) >= 11 is 0. The molecule has 2 aromatic heterocycles. The Morgan fingerprint density at radius 2 is 1.77 bits per heavy atom. The molecule has 0 atom stereocenters. The molecule has 0 aliphatic carbocycles. The van der Waals surface area contributed by atoms with Crippen LogP contribution in [0.5, 0.6) is 5.75 Å². The number of hydrogen-bond acceptors (Lipinski definition) is 4. The Balaban J connectivity index is 1.52. The molecule has 0 unspecified atom stereocenters. The van der Waals surface area contributed by atoms with E-state index in [4.69, 9.17) is 0 Å². The van der Waals surface area contributed by atoms with Crippen molar-refractivity contribution < 1.29 is 22.7 Å². The van der Waals surface area contributed by atoms with Crippen LogP contribution >= 0.6 is 0 Å². The molecule has 182 valence electrons. The number of nitrogens with zero attached hydrogens (tertiary/aromatic N) is 3. The summed E-state index contributed by atoms with van der Waals surface area (Å²) in [5.74, 6) is -0.760. The van der Waals surface area contributed by atoms with Crippen molar-refractivity contribution in [2.75, 3.05) is 5.32 Å². The summed E-state index contributed by atoms with van der Waals surface area (Å²) < 4.78 is 43.9. The van der Waals surface area contributed by atoms with Gasteiger partial charge in [0.05, 0.1) is 5.69 Å². The van der Waals surface area contributed by atoms with Crippen molar-refractivity contribution in [2.45, 2.75) is 33.1 Å². The van der Waals surface area contributed by atoms with E-state index < -0.39 is 6.36 Å². The zero-order valence-electron chi connectivity index (χ0n) is 19.3. The highest BCUT2D eigenvalue weighted by Gasteiger charge is 2.31. The quantitative estimate of drug-likeness (QED) is 0.427. The monoisotopic (exact) mass is 484 g/mol. The molecule has 0 bridgehead atoms. The Hall–Kier alpha value is -4.08. The third-order valence-corrected chi connectivity index (χ3v) is 5.82. The van der Waals surface area contributed by atoms with Crippen molar-refractivity contribution in [1.29, 1.82) is 0 Å². The summed E-state index contributed by atoms with van der Waals surface area (Å²) in [6, 6.07) is 14.5. The van der Waals surface area contributed by atoms with E-state index in [1.807, 2.05) is 55.8 Å². The number of aryl methyl sites for hydroxylation is 2. The van der Waals surface area contributed by atoms with E-state index in [-0.39, 0.29) is 30.1 Å². The van der Waals surface area contributed by atoms with Gasteiger partial charge in [-0.1, -0.05) is 24.3 Å². The van der Waals surface area contributed by atoms with Crippen LogP contribution in [-0.4, -0.2) is 26.5 Å². The lowest BCUT2D eigenvalue weighted by molar-refractivity contribution is -0.274. The number of aromatic nitrogens is 3. The number of nitrogens with one attached hydrogen (secondary N) is 1. The van der Waals surface area contributed by atoms with Gasteiger partial charge < -0.3 is 14.6 Å². The number of amides is 1. The number of ether oxygens (including phenoxy) is 1. The zero-order chi connectivity index (χ0) is 25.3. The lowest BCUT2D eigenvalue weighted by Crippen LogP contribution is -2.26. The van der Waals surface area contributed by atoms with Crippen LogP contribution in [0.3, 0.4) is 0 Å². The van der Waals surface area contributed by atoms with Crippen LogP contribution in [0.2, 0.25) is 0 Å². The fourth-order valence-corrected chi connectivity index (χ4v) is 3.90. The Morgan fingerprint density at radius 1 is 1.09 bits per heavy atom. The van der Waals surface area contributed by atoms with Crippen molar-refractivity contribution in [3.05, 3.63) is 81.8 Å². The van der Waals surface area contributed by atoms with E-state index in [0.29, 0.717) is 22.6 Å². The fraction of sp³-hybridized carbons (Fsp3) is 0.240. The van der Waals surface area contributed by atoms with Crippen LogP contribution in [0.4, 0.5) is 18.9 Å². The van der Waals surface area contributed by atoms with E-state index in [2.05, 4.69) is 15.2 Å². The summed E-state index contributed by atoms with van der Waals surface area (Å²) in [4.78, 5) is 25.6. The van der Waals surface area contributed by atoms with Crippen molar-refractivity contribution in [3.8, 4) is 17.0 Å². The highest BCUT2D eigenvalue weighted by atomic mass is 19.4. The molecule has 0 spiro atoms. The molecule has 10 heteroatoms. The lowest BCUT2D eigenvalue weighted by Gasteiger charge is -2.12. The number of hydrogen-bond donors (Lipinski definition) is 1. The second-order valence-corrected chi connectivity index (χ2v) is 8.16. The molecule has 2 aromatic carbocycles. The van der Waals surface area contributed by atoms with Crippen molar-refractivity contribution in [1.82, 2.24) is 14.2 Å². The molecule has 1 N–H and O–H groups in total. The summed E-state index contributed by atoms with van der Waals surface area (Å²) in [6.45, 7) is 3.79. The Morgan fingerprint density at radius 3 is 2.43 bits per heavy atom. The summed E-state index contributed by atoms with van der Waals surface area (Å²) in [6.07, 6.45) is -4.60. The number of carbonyl (C=O) groups excluding carboxylic acids is 1. The van der Waals surface area contributed by atoms with Crippen LogP contribution < -0.4 is 15.6 Å². The molecular formula is C25H23F3N4O3. The van der Waals surface area contributed by atoms with Gasteiger partial charge in [-0.3, -0.25) is 9.59 Å². The number of rotatable bonds is 6. The highest BCUT2D eigenvalue weighted by Crippen LogP contribution is 2.25. The molecule has 2 heterocycles. The van der Waals surface area contributed by atoms with Crippen LogP contribution in [0.25, 0.3) is 16.9 Å². The molecule has 1 amide bonds. The maximum absolute atomic E-state index is 13.2. The van der Waals surface area contributed by atoms with Crippen LogP contribution in [-0.2, 0) is 18.3 Å². The number of halogens is 3. The smallest absolute Gasteiger partial charge is 0.406 e. The SMILES string of the molecule is Cc1ccccc1-c1cc2n(C)c(C)c(CCC(=O)Nc3ccc(OC(F)(F)F)cc3)c(=O)n2n1. The number of carbonyl (C=O) groups is 1. The Kier molecular flexibility index (Phi) is 6.38. The van der Waals surface area contributed by atoms with Crippen molar-refractivity contribution in [3.63, 3.8) is 0 Å². The Labute approximate surface area is 198 Å². The number of fused-ring (bicyclic) bond motifs is 1. The van der Waals surface area contributed by atoms with Gasteiger partial charge >= 0.3 is 6.36 Å². The first-order valence-corrected chi connectivity index (χ1v) is 10.8. The summed E-state index contributed by atoms with van der Waals surface area (Å²) in [5.41, 5.74) is 4.50. The van der Waals surface area contributed by atoms with Gasteiger partial charge in [-0.25, -0.2) is 0 Å². The van der Waals surface area contributed by atoms with Gasteiger partial charge in [-0.05, 0) is 50.1 Å². The maximum Gasteiger partial charge on any atom is 0.573 e. The topological polar surface area (TPSA) is 77.6 Å². The van der Waals surface area contributed by atoms with Gasteiger partial charge in [-0.2, -0.15) is 9.61 Å². The molecule has 35 heavy (non-hydrogen) atoms. The molecule has 4 rings (SSSR count). The summed E-state index contributed by atoms with van der Waals surface area (Å²) in [5, 5.41) is 7.14. The average Bonchev–Trinajstić information content (AvgIpc) is 3.24. The van der Waals surface area contributed by atoms with Crippen molar-refractivity contribution >= 4 is 17.2 Å². The molecule has 0 radical (unpaired) electrons. The number of anilines is 1. The van der Waals surface area contributed by atoms with Crippen LogP contribution in [0.15, 0.2) is 59.4 Å². The predicted octanol–water partition coefficient (Wildman–Crippen LogP) is 4.79. The minimum absolute atomic E-state index is 0.00824. The predicted molar refractivity (Wildman–Crippen MR) is 125 cm³/mol. The van der Waals surface area contributed by atoms with Gasteiger partial charge in [0, 0.05) is 42.0 Å². The summed E-state index contributed by atoms with van der Waals surface area (Å²) in [7, 11) is 1.83. The first-order chi connectivity index (χ1) is 16.5. The molecule has 0 aliphatic heterocycles. The highest BCUT2D eigenvalue weighted by molar-refractivity contribution is 5.90. The minimum Gasteiger partial charge on any atom is -0.406 e. The molecule has 4 aromatic rings. The van der Waals surface area contributed by atoms with Gasteiger partial charge in [0.1, 0.15) is 11.4 Å². The van der Waals surface area contributed by atoms with Crippen LogP contribution in [0.1, 0.15) is 23.2 Å². The lowest BCUT2D eigenvalue weighted by atomic mass is 10.1. The van der Waals surface area contributed by atoms with Gasteiger partial charge in [0.15, 0.2) is 0 Å². The van der Waals surface area contributed by atoms with E-state index in [0.717, 1.165) is 29.0 Å². The second kappa shape index (κ2) is 9.28. The van der Waals surface area contributed by atoms with E-state index in [1.54, 1.807) is 0 Å². The van der Waals surface area contributed by atoms with Crippen LogP contribution in [0, 0.1) is 13.8 Å². The minimum atomic E-state index is -4.79. The average molecular weight is 484 g/mol. The van der Waals surface area contributed by atoms with E-state index in [9.17, 15) is 22.8 Å². The normalized spacial score (nSPS) is 11.6. The molecule has 0 saturated carbocycles. The molecule has 0 aliphatic rings. The van der Waals surface area contributed by atoms with Gasteiger partial charge in [0.2, 0.25) is 5.91 Å². The first kappa shape index (κ1) is 24.1. The standard InChI is InChI=1S/C25H23F3N4O3/c1-15-6-4-5-7-19(15)21-14-23-31(3)16(2)20(24(34)32(23)30-21)12-13-22(33)29-17-8-10-18(11-9-17)35-25(26,27)28/h4-11,14H,12-13H2,1-3H3,(H,29,33). The fourth-order valence-electron chi connectivity index (χ4n) is 3.90. The molecule has 7 nitrogen and oxygen atoms in total. The largest absolute Gasteiger partial charge is 0.573 e. The maximum atomic E-state index is 13.2. The molecular weight excluding hydrogens is 461 g/mol. The number of alkyl halides is 3. The number of benzene rings is 2. The van der Waals surface area contributed by atoms with Crippen molar-refractivity contribution in [2.24, 2.45) is 7.05 Å². The van der Waals surface area contributed by atoms with Gasteiger partial charge in [0.25, 0.3) is 5.56 Å². The van der Waals surface area contributed by atoms with E-state index in [1.165, 1.54) is 16.6 Å². The third-order valence-electron chi connectivity index (χ3n) is 5.82. The first-order valence-electron chi connectivity index (χ1n) is 10.8. The zero-order valence-corrected chi connectivity index (χ0v) is 19.3. The van der Waals surface area contributed by atoms with Gasteiger partial charge in [-0.15, -0.1) is 13.2 Å². The second-order valence-electron chi connectivity index (χ2n) is 8.16. The Bertz CT molecular complexity index is 1450. The third kappa shape index (κ3) is 5.21. The molecule has 0 saturated heterocycles. The van der Waals surface area contributed by atoms with E-state index >= 15 is 0 Å².